The second-order valence-electron chi connectivity index (χ2n) is 5.27. The molecule has 0 saturated heterocycles. The molecule has 1 aromatic carbocycles. The van der Waals surface area contributed by atoms with E-state index in [1.165, 1.54) is 20.3 Å². The van der Waals surface area contributed by atoms with Gasteiger partial charge in [0.1, 0.15) is 16.5 Å². The molecule has 0 radical (unpaired) electrons. The molecule has 0 aliphatic carbocycles. The molecular weight excluding hydrogens is 314 g/mol. The Morgan fingerprint density at radius 1 is 1.17 bits per heavy atom. The Hall–Kier alpha value is -2.12. The predicted octanol–water partition coefficient (Wildman–Crippen LogP) is 2.51. The van der Waals surface area contributed by atoms with E-state index in [-0.39, 0.29) is 10.9 Å². The average molecular weight is 335 g/mol. The van der Waals surface area contributed by atoms with Gasteiger partial charge in [-0.1, -0.05) is 18.2 Å². The van der Waals surface area contributed by atoms with Crippen LogP contribution in [0.2, 0.25) is 0 Å². The van der Waals surface area contributed by atoms with Crippen LogP contribution < -0.4 is 10.1 Å². The lowest BCUT2D eigenvalue weighted by Gasteiger charge is -2.18. The molecule has 0 spiro atoms. The summed E-state index contributed by atoms with van der Waals surface area (Å²) in [6.07, 6.45) is 1.35. The number of nitrogens with zero attached hydrogens (tertiary/aromatic N) is 2. The Balaban J connectivity index is 2.18. The highest BCUT2D eigenvalue weighted by atomic mass is 32.2. The van der Waals surface area contributed by atoms with Gasteiger partial charge in [-0.15, -0.1) is 0 Å². The fourth-order valence-corrected chi connectivity index (χ4v) is 3.00. The van der Waals surface area contributed by atoms with Gasteiger partial charge in [0.25, 0.3) is 0 Å². The fourth-order valence-electron chi connectivity index (χ4n) is 2.15. The molecule has 2 aromatic rings. The van der Waals surface area contributed by atoms with Crippen LogP contribution >= 0.6 is 0 Å². The van der Waals surface area contributed by atoms with Gasteiger partial charge in [-0.05, 0) is 25.1 Å². The summed E-state index contributed by atoms with van der Waals surface area (Å²) in [5.74, 6) is 1.39. The third-order valence-corrected chi connectivity index (χ3v) is 5.28. The van der Waals surface area contributed by atoms with Gasteiger partial charge in [-0.25, -0.2) is 17.7 Å². The molecule has 2 rings (SSSR count). The highest BCUT2D eigenvalue weighted by Crippen LogP contribution is 2.27. The molecule has 0 amide bonds. The average Bonchev–Trinajstić information content (AvgIpc) is 2.55. The van der Waals surface area contributed by atoms with Gasteiger partial charge in [-0.2, -0.15) is 0 Å². The number of para-hydroxylation sites is 1. The minimum atomic E-state index is -3.46. The van der Waals surface area contributed by atoms with Crippen LogP contribution in [0.15, 0.2) is 47.5 Å². The first kappa shape index (κ1) is 17.2. The maximum Gasteiger partial charge on any atom is 0.244 e. The summed E-state index contributed by atoms with van der Waals surface area (Å²) < 4.78 is 30.5. The first-order valence-corrected chi connectivity index (χ1v) is 8.58. The van der Waals surface area contributed by atoms with Crippen molar-refractivity contribution >= 4 is 15.8 Å². The van der Waals surface area contributed by atoms with E-state index in [0.717, 1.165) is 15.6 Å². The van der Waals surface area contributed by atoms with E-state index in [4.69, 9.17) is 4.74 Å². The van der Waals surface area contributed by atoms with Crippen LogP contribution in [0.3, 0.4) is 0 Å². The lowest BCUT2D eigenvalue weighted by molar-refractivity contribution is 0.408. The molecule has 0 aliphatic heterocycles. The molecule has 1 N–H and O–H groups in total. The van der Waals surface area contributed by atoms with Gasteiger partial charge in [0, 0.05) is 25.9 Å². The Morgan fingerprint density at radius 2 is 1.87 bits per heavy atom. The summed E-state index contributed by atoms with van der Waals surface area (Å²) in [4.78, 5) is 4.36. The molecule has 23 heavy (non-hydrogen) atoms. The number of nitrogens with one attached hydrogen (secondary N) is 1. The number of benzene rings is 1. The quantitative estimate of drug-likeness (QED) is 0.878. The van der Waals surface area contributed by atoms with Crippen molar-refractivity contribution in [3.63, 3.8) is 0 Å². The molecule has 0 aliphatic rings. The number of rotatable bonds is 6. The van der Waals surface area contributed by atoms with Crippen LogP contribution in [0.4, 0.5) is 5.82 Å². The van der Waals surface area contributed by atoms with E-state index < -0.39 is 10.0 Å². The Labute approximate surface area is 137 Å². The first-order chi connectivity index (χ1) is 10.9. The maximum absolute atomic E-state index is 12.0. The molecule has 1 atom stereocenters. The van der Waals surface area contributed by atoms with Crippen molar-refractivity contribution < 1.29 is 13.2 Å². The molecule has 1 heterocycles. The lowest BCUT2D eigenvalue weighted by atomic mass is 10.1. The Morgan fingerprint density at radius 3 is 2.43 bits per heavy atom. The van der Waals surface area contributed by atoms with Crippen LogP contribution in [0.1, 0.15) is 18.5 Å². The molecular formula is C16H21N3O3S. The minimum Gasteiger partial charge on any atom is -0.496 e. The van der Waals surface area contributed by atoms with Crippen molar-refractivity contribution in [1.29, 1.82) is 0 Å². The number of anilines is 1. The van der Waals surface area contributed by atoms with Gasteiger partial charge in [0.15, 0.2) is 0 Å². The zero-order valence-corrected chi connectivity index (χ0v) is 14.5. The SMILES string of the molecule is COc1ccccc1[C@H](C)Nc1ccc(S(=O)(=O)N(C)C)cn1. The largest absolute Gasteiger partial charge is 0.496 e. The van der Waals surface area contributed by atoms with Gasteiger partial charge in [-0.3, -0.25) is 0 Å². The van der Waals surface area contributed by atoms with E-state index in [9.17, 15) is 8.42 Å². The molecule has 0 bridgehead atoms. The van der Waals surface area contributed by atoms with Crippen LogP contribution in [0, 0.1) is 0 Å². The number of methoxy groups -OCH3 is 1. The maximum atomic E-state index is 12.0. The lowest BCUT2D eigenvalue weighted by Crippen LogP contribution is -2.22. The normalized spacial score (nSPS) is 12.9. The third kappa shape index (κ3) is 3.80. The van der Waals surface area contributed by atoms with Crippen molar-refractivity contribution in [2.45, 2.75) is 17.9 Å². The molecule has 1 aromatic heterocycles. The van der Waals surface area contributed by atoms with Crippen LogP contribution in [-0.2, 0) is 10.0 Å². The Kier molecular flexibility index (Phi) is 5.23. The van der Waals surface area contributed by atoms with E-state index in [2.05, 4.69) is 10.3 Å². The predicted molar refractivity (Wildman–Crippen MR) is 90.1 cm³/mol. The number of ether oxygens (including phenoxy) is 1. The van der Waals surface area contributed by atoms with Crippen LogP contribution in [0.5, 0.6) is 5.75 Å². The number of hydrogen-bond donors (Lipinski definition) is 1. The zero-order chi connectivity index (χ0) is 17.0. The molecule has 0 saturated carbocycles. The van der Waals surface area contributed by atoms with E-state index in [1.807, 2.05) is 31.2 Å². The van der Waals surface area contributed by atoms with Crippen molar-refractivity contribution in [3.8, 4) is 5.75 Å². The molecule has 0 unspecified atom stereocenters. The second kappa shape index (κ2) is 6.97. The van der Waals surface area contributed by atoms with Gasteiger partial charge < -0.3 is 10.1 Å². The molecule has 124 valence electrons. The van der Waals surface area contributed by atoms with E-state index >= 15 is 0 Å². The van der Waals surface area contributed by atoms with Crippen LogP contribution in [0.25, 0.3) is 0 Å². The number of pyridine rings is 1. The second-order valence-corrected chi connectivity index (χ2v) is 7.43. The highest BCUT2D eigenvalue weighted by molar-refractivity contribution is 7.89. The number of hydrogen-bond acceptors (Lipinski definition) is 5. The van der Waals surface area contributed by atoms with Crippen molar-refractivity contribution in [1.82, 2.24) is 9.29 Å². The smallest absolute Gasteiger partial charge is 0.244 e. The summed E-state index contributed by atoms with van der Waals surface area (Å²) in [5, 5.41) is 3.24. The monoisotopic (exact) mass is 335 g/mol. The van der Waals surface area contributed by atoms with Gasteiger partial charge in [0.05, 0.1) is 13.2 Å². The van der Waals surface area contributed by atoms with Gasteiger partial charge >= 0.3 is 0 Å². The number of aromatic nitrogens is 1. The van der Waals surface area contributed by atoms with Crippen LogP contribution in [-0.4, -0.2) is 38.9 Å². The standard InChI is InChI=1S/C16H21N3O3S/c1-12(14-7-5-6-8-15(14)22-4)18-16-10-9-13(11-17-16)23(20,21)19(2)3/h5-12H,1-4H3,(H,17,18)/t12-/m0/s1. The summed E-state index contributed by atoms with van der Waals surface area (Å²) >= 11 is 0. The minimum absolute atomic E-state index is 0.0324. The van der Waals surface area contributed by atoms with Crippen molar-refractivity contribution in [3.05, 3.63) is 48.2 Å². The van der Waals surface area contributed by atoms with E-state index in [1.54, 1.807) is 19.2 Å². The topological polar surface area (TPSA) is 71.5 Å². The summed E-state index contributed by atoms with van der Waals surface area (Å²) in [5.41, 5.74) is 1.00. The fraction of sp³-hybridized carbons (Fsp3) is 0.312. The number of sulfonamides is 1. The zero-order valence-electron chi connectivity index (χ0n) is 13.6. The van der Waals surface area contributed by atoms with Crippen molar-refractivity contribution in [2.75, 3.05) is 26.5 Å². The third-order valence-electron chi connectivity index (χ3n) is 3.48. The first-order valence-electron chi connectivity index (χ1n) is 7.14. The summed E-state index contributed by atoms with van der Waals surface area (Å²) in [7, 11) is 1.15. The molecule has 7 heteroatoms. The Bertz CT molecular complexity index is 758. The summed E-state index contributed by atoms with van der Waals surface area (Å²) in [6.45, 7) is 1.99. The van der Waals surface area contributed by atoms with Crippen molar-refractivity contribution in [2.24, 2.45) is 0 Å². The summed E-state index contributed by atoms with van der Waals surface area (Å²) in [6, 6.07) is 10.9. The molecule has 6 nitrogen and oxygen atoms in total. The molecule has 0 fully saturated rings. The van der Waals surface area contributed by atoms with E-state index in [0.29, 0.717) is 5.82 Å². The highest BCUT2D eigenvalue weighted by Gasteiger charge is 2.18. The van der Waals surface area contributed by atoms with Gasteiger partial charge in [0.2, 0.25) is 10.0 Å².